The first kappa shape index (κ1) is 11.3. The average Bonchev–Trinajstić information content (AvgIpc) is 3.59. The van der Waals surface area contributed by atoms with Crippen LogP contribution in [-0.2, 0) is 0 Å². The van der Waals surface area contributed by atoms with E-state index in [0.717, 1.165) is 0 Å². The quantitative estimate of drug-likeness (QED) is 0.215. The van der Waals surface area contributed by atoms with E-state index >= 15 is 0 Å². The molecule has 39 heavy (non-hydrogen) atoms. The zero-order chi connectivity index (χ0) is 39.7. The van der Waals surface area contributed by atoms with E-state index in [1.165, 1.54) is 0 Å². The number of benzene rings is 7. The topological polar surface area (TPSA) is 13.1 Å². The Morgan fingerprint density at radius 1 is 0.410 bits per heavy atom. The van der Waals surface area contributed by atoms with E-state index in [2.05, 4.69) is 0 Å². The zero-order valence-electron chi connectivity index (χ0n) is 36.0. The van der Waals surface area contributed by atoms with Crippen molar-refractivity contribution in [3.8, 4) is 33.4 Å². The van der Waals surface area contributed by atoms with Crippen LogP contribution in [0.2, 0.25) is 0 Å². The van der Waals surface area contributed by atoms with Gasteiger partial charge in [-0.1, -0.05) is 133 Å². The standard InChI is InChI=1S/C38H24O/c1-3-13-25(14-4-1)35-28-18-7-9-20-30(28)37(31-21-10-8-19-29(31)35)33-24-23-32-27-17-11-12-22-34(27)39-38(32)36(33)26-15-5-2-6-16-26/h1-24H/i1D,2D,3D,4D,5D,6D,11D,12D,13D,14D,15D,16D,17D,22D,23D,24D. The first-order chi connectivity index (χ1) is 26.0. The van der Waals surface area contributed by atoms with Crippen molar-refractivity contribution in [2.24, 2.45) is 0 Å². The van der Waals surface area contributed by atoms with Gasteiger partial charge in [-0.2, -0.15) is 0 Å². The summed E-state index contributed by atoms with van der Waals surface area (Å²) in [6.07, 6.45) is 0. The van der Waals surface area contributed by atoms with Crippen LogP contribution in [0.25, 0.3) is 76.9 Å². The van der Waals surface area contributed by atoms with Crippen LogP contribution in [0.3, 0.4) is 0 Å². The van der Waals surface area contributed by atoms with Gasteiger partial charge < -0.3 is 4.42 Å². The summed E-state index contributed by atoms with van der Waals surface area (Å²) in [6.45, 7) is 0. The van der Waals surface area contributed by atoms with Crippen molar-refractivity contribution < 1.29 is 26.3 Å². The highest BCUT2D eigenvalue weighted by atomic mass is 16.3. The molecule has 0 saturated heterocycles. The van der Waals surface area contributed by atoms with Gasteiger partial charge in [0.2, 0.25) is 0 Å². The molecule has 0 spiro atoms. The molecule has 0 aliphatic heterocycles. The first-order valence-corrected chi connectivity index (χ1v) is 12.1. The molecule has 1 nitrogen and oxygen atoms in total. The Morgan fingerprint density at radius 3 is 1.54 bits per heavy atom. The number of hydrogen-bond acceptors (Lipinski definition) is 1. The first-order valence-electron chi connectivity index (χ1n) is 20.1. The van der Waals surface area contributed by atoms with Gasteiger partial charge >= 0.3 is 0 Å². The van der Waals surface area contributed by atoms with Crippen molar-refractivity contribution in [1.29, 1.82) is 0 Å². The zero-order valence-corrected chi connectivity index (χ0v) is 20.0. The second-order valence-electron chi connectivity index (χ2n) is 8.85. The van der Waals surface area contributed by atoms with Crippen LogP contribution in [0.5, 0.6) is 0 Å². The maximum absolute atomic E-state index is 9.64. The minimum atomic E-state index is -0.705. The Hall–Kier alpha value is -5.14. The van der Waals surface area contributed by atoms with E-state index in [-0.39, 0.29) is 49.8 Å². The minimum absolute atomic E-state index is 0.0841. The van der Waals surface area contributed by atoms with Crippen molar-refractivity contribution in [3.05, 3.63) is 145 Å². The predicted octanol–water partition coefficient (Wildman–Crippen LogP) is 10.9. The molecule has 1 heteroatoms. The molecule has 0 unspecified atom stereocenters. The average molecular weight is 513 g/mol. The lowest BCUT2D eigenvalue weighted by molar-refractivity contribution is 0.670. The number of para-hydroxylation sites is 1. The van der Waals surface area contributed by atoms with Crippen molar-refractivity contribution >= 4 is 43.5 Å². The van der Waals surface area contributed by atoms with Gasteiger partial charge in [0, 0.05) is 16.3 Å². The van der Waals surface area contributed by atoms with E-state index in [1.54, 1.807) is 48.5 Å². The van der Waals surface area contributed by atoms with Crippen LogP contribution < -0.4 is 0 Å². The molecular formula is C38H24O. The Labute approximate surface area is 249 Å². The Morgan fingerprint density at radius 2 is 0.923 bits per heavy atom. The van der Waals surface area contributed by atoms with E-state index < -0.39 is 102 Å². The molecule has 0 saturated carbocycles. The van der Waals surface area contributed by atoms with Crippen LogP contribution in [0, 0.1) is 0 Å². The maximum Gasteiger partial charge on any atom is 0.143 e. The molecule has 8 aromatic rings. The summed E-state index contributed by atoms with van der Waals surface area (Å²) < 4.78 is 146. The molecule has 0 atom stereocenters. The van der Waals surface area contributed by atoms with Gasteiger partial charge in [-0.25, -0.2) is 0 Å². The summed E-state index contributed by atoms with van der Waals surface area (Å²) in [5.41, 5.74) is -0.995. The highest BCUT2D eigenvalue weighted by Crippen LogP contribution is 2.48. The Kier molecular flexibility index (Phi) is 2.53. The van der Waals surface area contributed by atoms with E-state index in [0.29, 0.717) is 21.5 Å². The molecule has 8 rings (SSSR count). The molecule has 0 bridgehead atoms. The lowest BCUT2D eigenvalue weighted by Crippen LogP contribution is -1.93. The fourth-order valence-corrected chi connectivity index (χ4v) is 5.26. The smallest absolute Gasteiger partial charge is 0.143 e. The summed E-state index contributed by atoms with van der Waals surface area (Å²) in [5, 5.41) is 1.01. The number of hydrogen-bond donors (Lipinski definition) is 0. The third-order valence-electron chi connectivity index (χ3n) is 6.81. The normalized spacial score (nSPS) is 17.3. The van der Waals surface area contributed by atoms with Crippen LogP contribution in [0.4, 0.5) is 0 Å². The second-order valence-corrected chi connectivity index (χ2v) is 8.85. The van der Waals surface area contributed by atoms with Crippen molar-refractivity contribution in [3.63, 3.8) is 0 Å². The molecule has 0 N–H and O–H groups in total. The maximum atomic E-state index is 9.64. The summed E-state index contributed by atoms with van der Waals surface area (Å²) in [5.74, 6) is 0. The van der Waals surface area contributed by atoms with Crippen molar-refractivity contribution in [2.45, 2.75) is 0 Å². The Bertz CT molecular complexity index is 2940. The molecule has 7 aromatic carbocycles. The largest absolute Gasteiger partial charge is 0.455 e. The predicted molar refractivity (Wildman–Crippen MR) is 165 cm³/mol. The lowest BCUT2D eigenvalue weighted by Gasteiger charge is -2.20. The monoisotopic (exact) mass is 512 g/mol. The SMILES string of the molecule is [2H]c1c([2H])c([2H])c(-c2c3ccccc3c(-c3c([2H])c([2H])c4c(oc5c([2H])c([2H])c([2H])c([2H])c54)c3-c3c([2H])c([2H])c([2H])c([2H])c3[2H])c3ccccc23)c([2H])c1[2H]. The highest BCUT2D eigenvalue weighted by molar-refractivity contribution is 6.24. The molecule has 0 fully saturated rings. The van der Waals surface area contributed by atoms with Crippen LogP contribution >= 0.6 is 0 Å². The molecule has 1 heterocycles. The molecule has 0 aliphatic rings. The van der Waals surface area contributed by atoms with E-state index in [9.17, 15) is 2.74 Å². The van der Waals surface area contributed by atoms with Gasteiger partial charge in [-0.15, -0.1) is 0 Å². The van der Waals surface area contributed by atoms with Gasteiger partial charge in [-0.3, -0.25) is 0 Å². The van der Waals surface area contributed by atoms with Crippen LogP contribution in [0.15, 0.2) is 150 Å². The fraction of sp³-hybridized carbons (Fsp3) is 0. The van der Waals surface area contributed by atoms with Crippen LogP contribution in [0.1, 0.15) is 21.9 Å². The Balaban J connectivity index is 1.69. The summed E-state index contributed by atoms with van der Waals surface area (Å²) in [6, 6.07) is 3.92. The van der Waals surface area contributed by atoms with Gasteiger partial charge in [-0.05, 0) is 61.4 Å². The van der Waals surface area contributed by atoms with Gasteiger partial charge in [0.1, 0.15) is 11.2 Å². The van der Waals surface area contributed by atoms with Crippen LogP contribution in [-0.4, -0.2) is 0 Å². The van der Waals surface area contributed by atoms with Gasteiger partial charge in [0.15, 0.2) is 0 Å². The molecule has 1 aromatic heterocycles. The highest BCUT2D eigenvalue weighted by Gasteiger charge is 2.22. The fourth-order valence-electron chi connectivity index (χ4n) is 5.26. The molecule has 182 valence electrons. The number of rotatable bonds is 3. The van der Waals surface area contributed by atoms with Crippen molar-refractivity contribution in [1.82, 2.24) is 0 Å². The van der Waals surface area contributed by atoms with E-state index in [1.807, 2.05) is 0 Å². The summed E-state index contributed by atoms with van der Waals surface area (Å²) in [7, 11) is 0. The third kappa shape index (κ3) is 3.34. The molecule has 0 amide bonds. The second kappa shape index (κ2) is 8.72. The number of furan rings is 1. The minimum Gasteiger partial charge on any atom is -0.455 e. The van der Waals surface area contributed by atoms with Gasteiger partial charge in [0.25, 0.3) is 0 Å². The lowest BCUT2D eigenvalue weighted by atomic mass is 9.83. The summed E-state index contributed by atoms with van der Waals surface area (Å²) in [4.78, 5) is 0. The number of fused-ring (bicyclic) bond motifs is 5. The molecule has 0 radical (unpaired) electrons. The van der Waals surface area contributed by atoms with Crippen molar-refractivity contribution in [2.75, 3.05) is 0 Å². The summed E-state index contributed by atoms with van der Waals surface area (Å²) >= 11 is 0. The molecule has 0 aliphatic carbocycles. The third-order valence-corrected chi connectivity index (χ3v) is 6.81. The van der Waals surface area contributed by atoms with E-state index in [4.69, 9.17) is 23.6 Å². The van der Waals surface area contributed by atoms with Gasteiger partial charge in [0.05, 0.1) is 21.9 Å². The molecular weight excluding hydrogens is 472 g/mol.